The molecule has 3 aliphatic rings. The van der Waals surface area contributed by atoms with Gasteiger partial charge < -0.3 is 15.5 Å². The first-order chi connectivity index (χ1) is 14.2. The first kappa shape index (κ1) is 26.9. The summed E-state index contributed by atoms with van der Waals surface area (Å²) in [4.78, 5) is 11.7. The Labute approximate surface area is 208 Å². The Morgan fingerprint density at radius 1 is 1.19 bits per heavy atom. The summed E-state index contributed by atoms with van der Waals surface area (Å²) < 4.78 is 12.6. The number of alkyl halides is 1. The van der Waals surface area contributed by atoms with E-state index in [9.17, 15) is 4.39 Å². The molecule has 0 radical (unpaired) electrons. The number of anilines is 2. The maximum atomic E-state index is 12.6. The number of nitrogens with zero attached hydrogens (tertiary/aromatic N) is 3. The molecule has 9 heteroatoms. The van der Waals surface area contributed by atoms with Gasteiger partial charge in [0, 0.05) is 55.1 Å². The van der Waals surface area contributed by atoms with Gasteiger partial charge in [-0.3, -0.25) is 0 Å². The third kappa shape index (κ3) is 4.65. The van der Waals surface area contributed by atoms with E-state index in [1.165, 1.54) is 40.3 Å². The second-order valence-corrected chi connectivity index (χ2v) is 8.82. The molecular formula is C23H33Cl3FN5. The van der Waals surface area contributed by atoms with Crippen LogP contribution in [0.3, 0.4) is 0 Å². The van der Waals surface area contributed by atoms with Crippen LogP contribution in [0, 0.1) is 0 Å². The number of aryl methyl sites for hydroxylation is 1. The zero-order valence-corrected chi connectivity index (χ0v) is 20.9. The van der Waals surface area contributed by atoms with Gasteiger partial charge in [0.25, 0.3) is 0 Å². The van der Waals surface area contributed by atoms with Crippen molar-refractivity contribution in [2.45, 2.75) is 50.5 Å². The van der Waals surface area contributed by atoms with Gasteiger partial charge in [0.1, 0.15) is 18.8 Å². The van der Waals surface area contributed by atoms with Gasteiger partial charge in [-0.1, -0.05) is 19.1 Å². The molecule has 0 amide bonds. The summed E-state index contributed by atoms with van der Waals surface area (Å²) in [7, 11) is 0. The number of nitrogens with one attached hydrogen (secondary N) is 2. The van der Waals surface area contributed by atoms with E-state index >= 15 is 0 Å². The molecule has 2 aromatic rings. The molecule has 1 aromatic heterocycles. The van der Waals surface area contributed by atoms with Crippen molar-refractivity contribution >= 4 is 48.7 Å². The summed E-state index contributed by atoms with van der Waals surface area (Å²) in [5.41, 5.74) is 6.82. The quantitative estimate of drug-likeness (QED) is 0.572. The van der Waals surface area contributed by atoms with Crippen molar-refractivity contribution in [2.24, 2.45) is 0 Å². The molecule has 3 heterocycles. The van der Waals surface area contributed by atoms with Crippen molar-refractivity contribution in [3.63, 3.8) is 0 Å². The maximum absolute atomic E-state index is 12.6. The van der Waals surface area contributed by atoms with Crippen molar-refractivity contribution in [2.75, 3.05) is 43.1 Å². The van der Waals surface area contributed by atoms with Gasteiger partial charge in [-0.05, 0) is 48.8 Å². The van der Waals surface area contributed by atoms with E-state index in [0.29, 0.717) is 12.5 Å². The van der Waals surface area contributed by atoms with Gasteiger partial charge in [-0.15, -0.1) is 37.2 Å². The molecule has 178 valence electrons. The Bertz CT molecular complexity index is 905. The van der Waals surface area contributed by atoms with Crippen LogP contribution in [0.15, 0.2) is 24.5 Å². The topological polar surface area (TPSA) is 53.1 Å². The Hall–Kier alpha value is -1.34. The number of benzene rings is 1. The highest BCUT2D eigenvalue weighted by Gasteiger charge is 2.43. The number of rotatable bonds is 5. The van der Waals surface area contributed by atoms with Gasteiger partial charge in [0.2, 0.25) is 0 Å². The van der Waals surface area contributed by atoms with Gasteiger partial charge in [0.05, 0.1) is 0 Å². The van der Waals surface area contributed by atoms with Crippen LogP contribution in [0.4, 0.5) is 15.9 Å². The highest BCUT2D eigenvalue weighted by Crippen LogP contribution is 2.47. The van der Waals surface area contributed by atoms with Crippen molar-refractivity contribution in [1.29, 1.82) is 0 Å². The summed E-state index contributed by atoms with van der Waals surface area (Å²) in [6, 6.07) is 6.50. The van der Waals surface area contributed by atoms with Gasteiger partial charge in [0.15, 0.2) is 0 Å². The molecule has 1 saturated heterocycles. The largest absolute Gasteiger partial charge is 0.384 e. The zero-order chi connectivity index (χ0) is 19.8. The number of hydrogen-bond acceptors (Lipinski definition) is 5. The molecule has 1 unspecified atom stereocenters. The van der Waals surface area contributed by atoms with Crippen LogP contribution in [0.25, 0.3) is 0 Å². The second kappa shape index (κ2) is 11.2. The molecule has 0 saturated carbocycles. The number of hydrogen-bond donors (Lipinski definition) is 2. The number of fused-ring (bicyclic) bond motifs is 3. The van der Waals surface area contributed by atoms with Crippen LogP contribution in [0.2, 0.25) is 0 Å². The average Bonchev–Trinajstić information content (AvgIpc) is 3.31. The summed E-state index contributed by atoms with van der Waals surface area (Å²) in [6.45, 7) is 6.15. The lowest BCUT2D eigenvalue weighted by molar-refractivity contribution is 0.357. The number of halogens is 4. The van der Waals surface area contributed by atoms with Crippen LogP contribution in [-0.2, 0) is 18.4 Å². The number of aromatic nitrogens is 2. The molecule has 1 aliphatic carbocycles. The molecule has 0 bridgehead atoms. The minimum absolute atomic E-state index is 0. The fourth-order valence-corrected chi connectivity index (χ4v) is 5.61. The first-order valence-corrected chi connectivity index (χ1v) is 10.9. The van der Waals surface area contributed by atoms with Crippen LogP contribution in [-0.4, -0.2) is 42.8 Å². The fraction of sp³-hybridized carbons (Fsp3) is 0.565. The second-order valence-electron chi connectivity index (χ2n) is 8.82. The van der Waals surface area contributed by atoms with Crippen LogP contribution in [0.5, 0.6) is 0 Å². The highest BCUT2D eigenvalue weighted by molar-refractivity contribution is 5.86. The van der Waals surface area contributed by atoms with Crippen molar-refractivity contribution in [3.8, 4) is 0 Å². The molecule has 1 spiro atoms. The minimum atomic E-state index is -0.324. The highest BCUT2D eigenvalue weighted by atomic mass is 35.5. The molecule has 1 fully saturated rings. The molecule has 5 rings (SSSR count). The zero-order valence-electron chi connectivity index (χ0n) is 18.4. The molecule has 1 aromatic carbocycles. The van der Waals surface area contributed by atoms with Gasteiger partial charge in [-0.2, -0.15) is 0 Å². The summed E-state index contributed by atoms with van der Waals surface area (Å²) in [6.07, 6.45) is 6.24. The molecular weight excluding hydrogens is 472 g/mol. The molecule has 2 aliphatic heterocycles. The molecule has 1 atom stereocenters. The first-order valence-electron chi connectivity index (χ1n) is 10.9. The van der Waals surface area contributed by atoms with E-state index in [-0.39, 0.29) is 49.3 Å². The smallest absolute Gasteiger partial charge is 0.135 e. The Balaban J connectivity index is 0.00000121. The van der Waals surface area contributed by atoms with Crippen molar-refractivity contribution < 1.29 is 4.39 Å². The summed E-state index contributed by atoms with van der Waals surface area (Å²) in [5.74, 6) is 1.72. The van der Waals surface area contributed by atoms with E-state index in [0.717, 1.165) is 45.4 Å². The lowest BCUT2D eigenvalue weighted by atomic mass is 9.72. The van der Waals surface area contributed by atoms with E-state index in [1.54, 1.807) is 6.33 Å². The number of piperidine rings is 1. The SMILES string of the molecule is CC1CCc2ncnc(N3CCC4(CC3)CNc3cccc(CNCCF)c34)c21.Cl.Cl.Cl. The van der Waals surface area contributed by atoms with Crippen LogP contribution in [0.1, 0.15) is 54.5 Å². The van der Waals surface area contributed by atoms with E-state index < -0.39 is 0 Å². The molecule has 5 nitrogen and oxygen atoms in total. The van der Waals surface area contributed by atoms with E-state index in [4.69, 9.17) is 4.98 Å². The standard InChI is InChI=1S/C23H30FN5.3ClH/c1-16-5-6-18-20(16)22(28-15-27-18)29-11-7-23(8-12-29)14-26-19-4-2-3-17(21(19)23)13-25-10-9-24;;;/h2-4,15-16,25-26H,5-14H2,1H3;3*1H. The van der Waals surface area contributed by atoms with E-state index in [2.05, 4.69) is 45.6 Å². The van der Waals surface area contributed by atoms with E-state index in [1.807, 2.05) is 0 Å². The van der Waals surface area contributed by atoms with Crippen molar-refractivity contribution in [3.05, 3.63) is 46.9 Å². The lowest BCUT2D eigenvalue weighted by Crippen LogP contribution is -2.45. The van der Waals surface area contributed by atoms with Crippen LogP contribution >= 0.6 is 37.2 Å². The Morgan fingerprint density at radius 2 is 1.97 bits per heavy atom. The van der Waals surface area contributed by atoms with Crippen LogP contribution < -0.4 is 15.5 Å². The lowest BCUT2D eigenvalue weighted by Gasteiger charge is -2.41. The average molecular weight is 505 g/mol. The van der Waals surface area contributed by atoms with Gasteiger partial charge in [-0.25, -0.2) is 14.4 Å². The molecule has 32 heavy (non-hydrogen) atoms. The third-order valence-electron chi connectivity index (χ3n) is 7.16. The third-order valence-corrected chi connectivity index (χ3v) is 7.16. The monoisotopic (exact) mass is 503 g/mol. The van der Waals surface area contributed by atoms with Crippen molar-refractivity contribution in [1.82, 2.24) is 15.3 Å². The minimum Gasteiger partial charge on any atom is -0.384 e. The summed E-state index contributed by atoms with van der Waals surface area (Å²) >= 11 is 0. The molecule has 2 N–H and O–H groups in total. The summed E-state index contributed by atoms with van der Waals surface area (Å²) in [5, 5.41) is 6.89. The Kier molecular flexibility index (Phi) is 9.41. The fourth-order valence-electron chi connectivity index (χ4n) is 5.61. The van der Waals surface area contributed by atoms with Gasteiger partial charge >= 0.3 is 0 Å². The maximum Gasteiger partial charge on any atom is 0.135 e. The normalized spacial score (nSPS) is 19.8. The predicted molar refractivity (Wildman–Crippen MR) is 136 cm³/mol. The Morgan fingerprint density at radius 3 is 2.72 bits per heavy atom. The predicted octanol–water partition coefficient (Wildman–Crippen LogP) is 4.81.